The topological polar surface area (TPSA) is 24.5 Å². The maximum Gasteiger partial charge on any atom is 0.0593 e. The monoisotopic (exact) mass is 172 g/mol. The van der Waals surface area contributed by atoms with Gasteiger partial charge in [0.25, 0.3) is 0 Å². The molecule has 1 atom stereocenters. The van der Waals surface area contributed by atoms with Crippen molar-refractivity contribution < 1.29 is 4.74 Å². The minimum absolute atomic E-state index is 0.685. The molecule has 1 unspecified atom stereocenters. The summed E-state index contributed by atoms with van der Waals surface area (Å²) < 4.78 is 5.45. The quantitative estimate of drug-likeness (QED) is 0.657. The molecule has 1 aliphatic heterocycles. The Balaban J connectivity index is 2.21. The molecule has 0 aromatic rings. The SMILES string of the molecule is CNCCN1CCOCC(C)C1. The van der Waals surface area contributed by atoms with Gasteiger partial charge in [0.05, 0.1) is 13.2 Å². The maximum atomic E-state index is 5.45. The Labute approximate surface area is 75.1 Å². The fraction of sp³-hybridized carbons (Fsp3) is 1.00. The highest BCUT2D eigenvalue weighted by molar-refractivity contribution is 4.66. The average molecular weight is 172 g/mol. The van der Waals surface area contributed by atoms with Crippen molar-refractivity contribution in [3.8, 4) is 0 Å². The van der Waals surface area contributed by atoms with Crippen LogP contribution in [-0.4, -0.2) is 51.3 Å². The number of nitrogens with one attached hydrogen (secondary N) is 1. The summed E-state index contributed by atoms with van der Waals surface area (Å²) in [7, 11) is 2.00. The van der Waals surface area contributed by atoms with E-state index in [2.05, 4.69) is 17.1 Å². The lowest BCUT2D eigenvalue weighted by atomic mass is 10.2. The second-order valence-corrected chi connectivity index (χ2v) is 3.58. The summed E-state index contributed by atoms with van der Waals surface area (Å²) >= 11 is 0. The van der Waals surface area contributed by atoms with Crippen LogP contribution in [0, 0.1) is 5.92 Å². The van der Waals surface area contributed by atoms with E-state index in [-0.39, 0.29) is 0 Å². The summed E-state index contributed by atoms with van der Waals surface area (Å²) in [4.78, 5) is 2.47. The van der Waals surface area contributed by atoms with Gasteiger partial charge in [0, 0.05) is 26.2 Å². The summed E-state index contributed by atoms with van der Waals surface area (Å²) in [6.45, 7) is 8.56. The van der Waals surface area contributed by atoms with Crippen LogP contribution in [0.1, 0.15) is 6.92 Å². The van der Waals surface area contributed by atoms with Gasteiger partial charge in [-0.05, 0) is 13.0 Å². The molecule has 0 radical (unpaired) electrons. The van der Waals surface area contributed by atoms with Gasteiger partial charge in [-0.1, -0.05) is 6.92 Å². The molecule has 0 aromatic carbocycles. The van der Waals surface area contributed by atoms with Crippen molar-refractivity contribution in [1.29, 1.82) is 0 Å². The van der Waals surface area contributed by atoms with Gasteiger partial charge in [-0.25, -0.2) is 0 Å². The predicted octanol–water partition coefficient (Wildman–Crippen LogP) is 0.174. The van der Waals surface area contributed by atoms with Gasteiger partial charge in [-0.2, -0.15) is 0 Å². The zero-order valence-corrected chi connectivity index (χ0v) is 8.18. The average Bonchev–Trinajstić information content (AvgIpc) is 2.26. The molecule has 0 amide bonds. The molecule has 3 nitrogen and oxygen atoms in total. The molecule has 0 saturated carbocycles. The normalized spacial score (nSPS) is 27.0. The largest absolute Gasteiger partial charge is 0.380 e. The summed E-state index contributed by atoms with van der Waals surface area (Å²) in [5.74, 6) is 0.685. The van der Waals surface area contributed by atoms with Crippen molar-refractivity contribution in [2.75, 3.05) is 46.4 Å². The molecular formula is C9H20N2O. The fourth-order valence-electron chi connectivity index (χ4n) is 1.54. The molecule has 3 heteroatoms. The van der Waals surface area contributed by atoms with Gasteiger partial charge in [0.1, 0.15) is 0 Å². The molecule has 1 aliphatic rings. The van der Waals surface area contributed by atoms with Crippen LogP contribution in [0.4, 0.5) is 0 Å². The molecule has 12 heavy (non-hydrogen) atoms. The number of nitrogens with zero attached hydrogens (tertiary/aromatic N) is 1. The molecule has 0 aromatic heterocycles. The Morgan fingerprint density at radius 2 is 2.42 bits per heavy atom. The molecular weight excluding hydrogens is 152 g/mol. The van der Waals surface area contributed by atoms with Crippen LogP contribution in [0.25, 0.3) is 0 Å². The van der Waals surface area contributed by atoms with Crippen LogP contribution in [0.2, 0.25) is 0 Å². The van der Waals surface area contributed by atoms with Gasteiger partial charge in [0.2, 0.25) is 0 Å². The Bertz CT molecular complexity index is 119. The van der Waals surface area contributed by atoms with Crippen LogP contribution in [0.3, 0.4) is 0 Å². The van der Waals surface area contributed by atoms with Crippen molar-refractivity contribution >= 4 is 0 Å². The lowest BCUT2D eigenvalue weighted by Crippen LogP contribution is -2.34. The van der Waals surface area contributed by atoms with Crippen molar-refractivity contribution in [2.24, 2.45) is 5.92 Å². The summed E-state index contributed by atoms with van der Waals surface area (Å²) in [6, 6.07) is 0. The van der Waals surface area contributed by atoms with Crippen LogP contribution < -0.4 is 5.32 Å². The van der Waals surface area contributed by atoms with Gasteiger partial charge in [-0.3, -0.25) is 4.90 Å². The van der Waals surface area contributed by atoms with E-state index >= 15 is 0 Å². The maximum absolute atomic E-state index is 5.45. The van der Waals surface area contributed by atoms with Gasteiger partial charge in [0.15, 0.2) is 0 Å². The van der Waals surface area contributed by atoms with Crippen molar-refractivity contribution in [3.63, 3.8) is 0 Å². The van der Waals surface area contributed by atoms with Crippen molar-refractivity contribution in [1.82, 2.24) is 10.2 Å². The molecule has 0 aliphatic carbocycles. The zero-order chi connectivity index (χ0) is 8.81. The Hall–Kier alpha value is -0.120. The van der Waals surface area contributed by atoms with Crippen molar-refractivity contribution in [3.05, 3.63) is 0 Å². The number of ether oxygens (including phenoxy) is 1. The predicted molar refractivity (Wildman–Crippen MR) is 50.3 cm³/mol. The second kappa shape index (κ2) is 5.51. The highest BCUT2D eigenvalue weighted by atomic mass is 16.5. The number of likely N-dealkylation sites (N-methyl/N-ethyl adjacent to an activating group) is 1. The number of rotatable bonds is 3. The van der Waals surface area contributed by atoms with E-state index in [1.807, 2.05) is 7.05 Å². The Morgan fingerprint density at radius 3 is 3.17 bits per heavy atom. The van der Waals surface area contributed by atoms with Crippen molar-refractivity contribution in [2.45, 2.75) is 6.92 Å². The smallest absolute Gasteiger partial charge is 0.0593 e. The van der Waals surface area contributed by atoms with E-state index in [1.54, 1.807) is 0 Å². The highest BCUT2D eigenvalue weighted by Crippen LogP contribution is 2.04. The van der Waals surface area contributed by atoms with E-state index in [0.717, 1.165) is 32.8 Å². The summed E-state index contributed by atoms with van der Waals surface area (Å²) in [5, 5.41) is 3.17. The third kappa shape index (κ3) is 3.52. The number of hydrogen-bond acceptors (Lipinski definition) is 3. The molecule has 0 bridgehead atoms. The second-order valence-electron chi connectivity index (χ2n) is 3.58. The molecule has 1 rings (SSSR count). The number of hydrogen-bond donors (Lipinski definition) is 1. The van der Waals surface area contributed by atoms with E-state index in [1.165, 1.54) is 6.54 Å². The van der Waals surface area contributed by atoms with E-state index in [0.29, 0.717) is 5.92 Å². The standard InChI is InChI=1S/C9H20N2O/c1-9-7-11(4-3-10-2)5-6-12-8-9/h9-10H,3-8H2,1-2H3. The first-order chi connectivity index (χ1) is 5.83. The third-order valence-corrected chi connectivity index (χ3v) is 2.20. The van der Waals surface area contributed by atoms with E-state index in [9.17, 15) is 0 Å². The molecule has 0 spiro atoms. The van der Waals surface area contributed by atoms with Gasteiger partial charge >= 0.3 is 0 Å². The first-order valence-corrected chi connectivity index (χ1v) is 4.77. The molecule has 1 saturated heterocycles. The van der Waals surface area contributed by atoms with Gasteiger partial charge in [-0.15, -0.1) is 0 Å². The minimum Gasteiger partial charge on any atom is -0.380 e. The van der Waals surface area contributed by atoms with Crippen LogP contribution in [0.5, 0.6) is 0 Å². The Kier molecular flexibility index (Phi) is 4.58. The minimum atomic E-state index is 0.685. The van der Waals surface area contributed by atoms with E-state index < -0.39 is 0 Å². The van der Waals surface area contributed by atoms with Crippen LogP contribution >= 0.6 is 0 Å². The van der Waals surface area contributed by atoms with Crippen LogP contribution in [0.15, 0.2) is 0 Å². The lowest BCUT2D eigenvalue weighted by Gasteiger charge is -2.20. The zero-order valence-electron chi connectivity index (χ0n) is 8.18. The first kappa shape index (κ1) is 9.96. The third-order valence-electron chi connectivity index (χ3n) is 2.20. The van der Waals surface area contributed by atoms with Gasteiger partial charge < -0.3 is 10.1 Å². The molecule has 72 valence electrons. The fourth-order valence-corrected chi connectivity index (χ4v) is 1.54. The summed E-state index contributed by atoms with van der Waals surface area (Å²) in [5.41, 5.74) is 0. The van der Waals surface area contributed by atoms with Crippen LogP contribution in [-0.2, 0) is 4.74 Å². The lowest BCUT2D eigenvalue weighted by molar-refractivity contribution is 0.126. The molecule has 1 fully saturated rings. The highest BCUT2D eigenvalue weighted by Gasteiger charge is 2.13. The summed E-state index contributed by atoms with van der Waals surface area (Å²) in [6.07, 6.45) is 0. The van der Waals surface area contributed by atoms with E-state index in [4.69, 9.17) is 4.74 Å². The molecule has 1 N–H and O–H groups in total. The molecule has 1 heterocycles. The Morgan fingerprint density at radius 1 is 1.58 bits per heavy atom. The first-order valence-electron chi connectivity index (χ1n) is 4.77.